The standard InChI is InChI=1S/C11H18O3/c1-3-5-9(2)11(12)13-7-4-6-10-8-14-10/h10H,2-8H2,1H3. The second-order valence-electron chi connectivity index (χ2n) is 3.59. The molecule has 80 valence electrons. The number of epoxide rings is 1. The van der Waals surface area contributed by atoms with Crippen molar-refractivity contribution in [1.29, 1.82) is 0 Å². The van der Waals surface area contributed by atoms with Gasteiger partial charge in [-0.3, -0.25) is 0 Å². The van der Waals surface area contributed by atoms with Crippen molar-refractivity contribution in [3.8, 4) is 0 Å². The fourth-order valence-corrected chi connectivity index (χ4v) is 1.22. The molecule has 1 heterocycles. The van der Waals surface area contributed by atoms with Gasteiger partial charge >= 0.3 is 5.97 Å². The Labute approximate surface area is 85.1 Å². The molecule has 1 unspecified atom stereocenters. The summed E-state index contributed by atoms with van der Waals surface area (Å²) in [6.07, 6.45) is 3.96. The molecule has 0 saturated carbocycles. The Bertz CT molecular complexity index is 207. The molecule has 1 saturated heterocycles. The molecule has 3 nitrogen and oxygen atoms in total. The minimum atomic E-state index is -0.247. The second-order valence-corrected chi connectivity index (χ2v) is 3.59. The monoisotopic (exact) mass is 198 g/mol. The molecule has 1 fully saturated rings. The van der Waals surface area contributed by atoms with Crippen molar-refractivity contribution in [2.75, 3.05) is 13.2 Å². The van der Waals surface area contributed by atoms with Crippen LogP contribution < -0.4 is 0 Å². The first kappa shape index (κ1) is 11.2. The van der Waals surface area contributed by atoms with Crippen molar-refractivity contribution in [2.45, 2.75) is 38.7 Å². The zero-order valence-corrected chi connectivity index (χ0v) is 8.75. The Kier molecular flexibility index (Phi) is 4.66. The van der Waals surface area contributed by atoms with E-state index in [1.807, 2.05) is 6.92 Å². The summed E-state index contributed by atoms with van der Waals surface area (Å²) >= 11 is 0. The Hall–Kier alpha value is -0.830. The van der Waals surface area contributed by atoms with Crippen LogP contribution >= 0.6 is 0 Å². The predicted molar refractivity (Wildman–Crippen MR) is 54.0 cm³/mol. The molecule has 0 aliphatic carbocycles. The highest BCUT2D eigenvalue weighted by Crippen LogP contribution is 2.15. The number of rotatable bonds is 7. The van der Waals surface area contributed by atoms with Gasteiger partial charge in [-0.05, 0) is 19.3 Å². The summed E-state index contributed by atoms with van der Waals surface area (Å²) in [6.45, 7) is 7.05. The van der Waals surface area contributed by atoms with E-state index in [1.54, 1.807) is 0 Å². The van der Waals surface area contributed by atoms with Crippen molar-refractivity contribution in [2.24, 2.45) is 0 Å². The van der Waals surface area contributed by atoms with Gasteiger partial charge in [0, 0.05) is 5.57 Å². The molecular formula is C11H18O3. The van der Waals surface area contributed by atoms with Crippen LogP contribution in [0.15, 0.2) is 12.2 Å². The number of ether oxygens (including phenoxy) is 2. The van der Waals surface area contributed by atoms with Crippen molar-refractivity contribution in [3.63, 3.8) is 0 Å². The fraction of sp³-hybridized carbons (Fsp3) is 0.727. The van der Waals surface area contributed by atoms with Gasteiger partial charge in [-0.2, -0.15) is 0 Å². The maximum absolute atomic E-state index is 11.2. The largest absolute Gasteiger partial charge is 0.462 e. The lowest BCUT2D eigenvalue weighted by Gasteiger charge is -2.05. The van der Waals surface area contributed by atoms with Crippen LogP contribution in [0.4, 0.5) is 0 Å². The summed E-state index contributed by atoms with van der Waals surface area (Å²) < 4.78 is 10.1. The van der Waals surface area contributed by atoms with Crippen LogP contribution in [0.25, 0.3) is 0 Å². The molecule has 0 aromatic carbocycles. The number of carbonyl (C=O) groups excluding carboxylic acids is 1. The van der Waals surface area contributed by atoms with Gasteiger partial charge < -0.3 is 9.47 Å². The highest BCUT2D eigenvalue weighted by atomic mass is 16.6. The molecule has 1 atom stereocenters. The quantitative estimate of drug-likeness (QED) is 0.272. The molecule has 0 spiro atoms. The highest BCUT2D eigenvalue weighted by Gasteiger charge is 2.21. The van der Waals surface area contributed by atoms with E-state index < -0.39 is 0 Å². The molecule has 0 aromatic heterocycles. The average molecular weight is 198 g/mol. The van der Waals surface area contributed by atoms with Gasteiger partial charge in [-0.1, -0.05) is 19.9 Å². The summed E-state index contributed by atoms with van der Waals surface area (Å²) in [5, 5.41) is 0. The summed E-state index contributed by atoms with van der Waals surface area (Å²) in [4.78, 5) is 11.2. The normalized spacial score (nSPS) is 19.1. The molecule has 0 N–H and O–H groups in total. The molecule has 1 rings (SSSR count). The number of hydrogen-bond donors (Lipinski definition) is 0. The summed E-state index contributed by atoms with van der Waals surface area (Å²) in [7, 11) is 0. The van der Waals surface area contributed by atoms with Crippen LogP contribution in [0, 0.1) is 0 Å². The van der Waals surface area contributed by atoms with Crippen LogP contribution in [0.5, 0.6) is 0 Å². The predicted octanol–water partition coefficient (Wildman–Crippen LogP) is 2.06. The molecule has 0 radical (unpaired) electrons. The van der Waals surface area contributed by atoms with Gasteiger partial charge in [0.1, 0.15) is 0 Å². The highest BCUT2D eigenvalue weighted by molar-refractivity contribution is 5.87. The Balaban J connectivity index is 1.98. The molecule has 0 bridgehead atoms. The smallest absolute Gasteiger partial charge is 0.333 e. The maximum atomic E-state index is 11.2. The van der Waals surface area contributed by atoms with E-state index >= 15 is 0 Å². The van der Waals surface area contributed by atoms with Crippen molar-refractivity contribution >= 4 is 5.97 Å². The van der Waals surface area contributed by atoms with Crippen LogP contribution in [-0.2, 0) is 14.3 Å². The summed E-state index contributed by atoms with van der Waals surface area (Å²) in [5.41, 5.74) is 0.579. The molecule has 14 heavy (non-hydrogen) atoms. The third kappa shape index (κ3) is 4.42. The first-order chi connectivity index (χ1) is 6.74. The molecule has 3 heteroatoms. The Morgan fingerprint density at radius 1 is 1.64 bits per heavy atom. The lowest BCUT2D eigenvalue weighted by molar-refractivity contribution is -0.139. The Morgan fingerprint density at radius 2 is 2.36 bits per heavy atom. The third-order valence-electron chi connectivity index (χ3n) is 2.15. The molecule has 1 aliphatic rings. The Morgan fingerprint density at radius 3 is 2.93 bits per heavy atom. The minimum absolute atomic E-state index is 0.247. The van der Waals surface area contributed by atoms with E-state index in [-0.39, 0.29) is 5.97 Å². The van der Waals surface area contributed by atoms with E-state index in [0.29, 0.717) is 18.3 Å². The SMILES string of the molecule is C=C(CCC)C(=O)OCCCC1CO1. The lowest BCUT2D eigenvalue weighted by Crippen LogP contribution is -2.08. The fourth-order valence-electron chi connectivity index (χ4n) is 1.22. The number of esters is 1. The molecule has 0 amide bonds. The van der Waals surface area contributed by atoms with E-state index in [2.05, 4.69) is 6.58 Å². The van der Waals surface area contributed by atoms with Crippen LogP contribution in [0.3, 0.4) is 0 Å². The minimum Gasteiger partial charge on any atom is -0.462 e. The van der Waals surface area contributed by atoms with Crippen molar-refractivity contribution < 1.29 is 14.3 Å². The van der Waals surface area contributed by atoms with E-state index in [4.69, 9.17) is 9.47 Å². The third-order valence-corrected chi connectivity index (χ3v) is 2.15. The van der Waals surface area contributed by atoms with Crippen LogP contribution in [0.1, 0.15) is 32.6 Å². The van der Waals surface area contributed by atoms with Gasteiger partial charge in [-0.15, -0.1) is 0 Å². The van der Waals surface area contributed by atoms with Crippen LogP contribution in [-0.4, -0.2) is 25.3 Å². The first-order valence-electron chi connectivity index (χ1n) is 5.20. The van der Waals surface area contributed by atoms with Gasteiger partial charge in [-0.25, -0.2) is 4.79 Å². The topological polar surface area (TPSA) is 38.8 Å². The number of hydrogen-bond acceptors (Lipinski definition) is 3. The second kappa shape index (κ2) is 5.81. The summed E-state index contributed by atoms with van der Waals surface area (Å²) in [6, 6.07) is 0. The van der Waals surface area contributed by atoms with Gasteiger partial charge in [0.25, 0.3) is 0 Å². The summed E-state index contributed by atoms with van der Waals surface area (Å²) in [5.74, 6) is -0.247. The average Bonchev–Trinajstić information content (AvgIpc) is 2.96. The van der Waals surface area contributed by atoms with Gasteiger partial charge in [0.2, 0.25) is 0 Å². The first-order valence-corrected chi connectivity index (χ1v) is 5.20. The number of carbonyl (C=O) groups is 1. The molecule has 1 aliphatic heterocycles. The zero-order chi connectivity index (χ0) is 10.4. The van der Waals surface area contributed by atoms with E-state index in [9.17, 15) is 4.79 Å². The molecule has 0 aromatic rings. The van der Waals surface area contributed by atoms with Crippen molar-refractivity contribution in [3.05, 3.63) is 12.2 Å². The van der Waals surface area contributed by atoms with Crippen LogP contribution in [0.2, 0.25) is 0 Å². The van der Waals surface area contributed by atoms with Gasteiger partial charge in [0.05, 0.1) is 19.3 Å². The van der Waals surface area contributed by atoms with E-state index in [0.717, 1.165) is 32.3 Å². The lowest BCUT2D eigenvalue weighted by atomic mass is 10.2. The zero-order valence-electron chi connectivity index (χ0n) is 8.75. The van der Waals surface area contributed by atoms with Gasteiger partial charge in [0.15, 0.2) is 0 Å². The molecular weight excluding hydrogens is 180 g/mol. The van der Waals surface area contributed by atoms with E-state index in [1.165, 1.54) is 0 Å². The van der Waals surface area contributed by atoms with Crippen molar-refractivity contribution in [1.82, 2.24) is 0 Å². The maximum Gasteiger partial charge on any atom is 0.333 e.